The molecule has 1 aromatic carbocycles. The summed E-state index contributed by atoms with van der Waals surface area (Å²) >= 11 is 0. The number of nitrogens with zero attached hydrogens (tertiary/aromatic N) is 4. The fourth-order valence-corrected chi connectivity index (χ4v) is 4.10. The van der Waals surface area contributed by atoms with Crippen LogP contribution in [0.1, 0.15) is 30.9 Å². The lowest BCUT2D eigenvalue weighted by Crippen LogP contribution is -2.40. The third kappa shape index (κ3) is 5.72. The van der Waals surface area contributed by atoms with Crippen molar-refractivity contribution in [1.82, 2.24) is 5.32 Å². The van der Waals surface area contributed by atoms with Gasteiger partial charge in [-0.05, 0) is 55.1 Å². The molecule has 7 heteroatoms. The summed E-state index contributed by atoms with van der Waals surface area (Å²) in [4.78, 5) is 16.2. The minimum absolute atomic E-state index is 0.353. The first-order valence-electron chi connectivity index (χ1n) is 11.4. The average Bonchev–Trinajstić information content (AvgIpc) is 2.82. The first kappa shape index (κ1) is 23.9. The highest BCUT2D eigenvalue weighted by molar-refractivity contribution is 6.72. The lowest BCUT2D eigenvalue weighted by molar-refractivity contribution is 0.122. The molecule has 0 spiro atoms. The van der Waals surface area contributed by atoms with Crippen LogP contribution in [0.4, 0.5) is 5.69 Å². The number of ether oxygens (including phenoxy) is 1. The second-order valence-electron chi connectivity index (χ2n) is 8.13. The highest BCUT2D eigenvalue weighted by atomic mass is 16.5. The summed E-state index contributed by atoms with van der Waals surface area (Å²) in [7, 11) is 1.78. The summed E-state index contributed by atoms with van der Waals surface area (Å²) in [5, 5.41) is 3.49. The largest absolute Gasteiger partial charge is 0.378 e. The maximum Gasteiger partial charge on any atom is 0.154 e. The van der Waals surface area contributed by atoms with Crippen molar-refractivity contribution in [3.8, 4) is 0 Å². The Balaban J connectivity index is 1.91. The molecule has 0 aliphatic carbocycles. The van der Waals surface area contributed by atoms with Gasteiger partial charge in [-0.15, -0.1) is 0 Å². The molecule has 0 saturated carbocycles. The Morgan fingerprint density at radius 3 is 2.72 bits per heavy atom. The van der Waals surface area contributed by atoms with E-state index in [1.54, 1.807) is 7.05 Å². The van der Waals surface area contributed by atoms with Crippen molar-refractivity contribution in [1.29, 1.82) is 0 Å². The van der Waals surface area contributed by atoms with Crippen LogP contribution in [0.15, 0.2) is 52.0 Å². The molecular weight excluding hydrogens is 400 g/mol. The number of morpholine rings is 1. The van der Waals surface area contributed by atoms with Crippen LogP contribution in [0.2, 0.25) is 0 Å². The van der Waals surface area contributed by atoms with E-state index < -0.39 is 0 Å². The summed E-state index contributed by atoms with van der Waals surface area (Å²) in [5.74, 6) is 1.07. The SMILES string of the molecule is C=CN=C1C(=NC)C=C(c2ccc(N3CCOCC3)c(C)c2)NC1=NCC(CN)CCC. The predicted molar refractivity (Wildman–Crippen MR) is 136 cm³/mol. The molecule has 32 heavy (non-hydrogen) atoms. The number of aliphatic imine (C=N–C) groups is 3. The molecule has 2 aliphatic heterocycles. The highest BCUT2D eigenvalue weighted by Crippen LogP contribution is 2.26. The number of allylic oxidation sites excluding steroid dienone is 1. The second-order valence-corrected chi connectivity index (χ2v) is 8.13. The van der Waals surface area contributed by atoms with Crippen LogP contribution >= 0.6 is 0 Å². The Bertz CT molecular complexity index is 924. The molecule has 0 amide bonds. The number of benzene rings is 1. The number of anilines is 1. The number of nitrogens with one attached hydrogen (secondary N) is 1. The van der Waals surface area contributed by atoms with E-state index in [0.717, 1.165) is 56.1 Å². The van der Waals surface area contributed by atoms with E-state index in [0.29, 0.717) is 30.6 Å². The summed E-state index contributed by atoms with van der Waals surface area (Å²) in [6.45, 7) is 12.8. The van der Waals surface area contributed by atoms with Crippen LogP contribution in [0.3, 0.4) is 0 Å². The number of nitrogens with two attached hydrogens (primary N) is 1. The maximum atomic E-state index is 5.95. The molecule has 0 aromatic heterocycles. The Kier molecular flexibility index (Phi) is 8.76. The molecule has 172 valence electrons. The summed E-state index contributed by atoms with van der Waals surface area (Å²) in [6, 6.07) is 6.55. The van der Waals surface area contributed by atoms with Crippen LogP contribution in [-0.4, -0.2) is 63.7 Å². The molecule has 2 heterocycles. The fraction of sp³-hybridized carbons (Fsp3) is 0.480. The zero-order chi connectivity index (χ0) is 22.9. The number of aryl methyl sites for hydroxylation is 1. The lowest BCUT2D eigenvalue weighted by atomic mass is 10.00. The topological polar surface area (TPSA) is 87.6 Å². The van der Waals surface area contributed by atoms with Gasteiger partial charge in [0.1, 0.15) is 5.71 Å². The van der Waals surface area contributed by atoms with Crippen molar-refractivity contribution in [3.63, 3.8) is 0 Å². The Hall–Kier alpha value is -2.77. The van der Waals surface area contributed by atoms with Crippen LogP contribution in [0.25, 0.3) is 5.70 Å². The molecule has 1 saturated heterocycles. The van der Waals surface area contributed by atoms with Gasteiger partial charge in [0.15, 0.2) is 5.84 Å². The number of hydrogen-bond acceptors (Lipinski definition) is 6. The Morgan fingerprint density at radius 2 is 2.09 bits per heavy atom. The standard InChI is InChI=1S/C25H36N6O/c1-5-7-19(16-26)17-29-25-24(28-6-2)22(27-4)15-21(30-25)20-8-9-23(18(3)14-20)31-10-12-32-13-11-31/h6,8-9,14-15,19H,2,5,7,10-13,16-17,26H2,1,3-4H3,(H,29,30). The van der Waals surface area contributed by atoms with Gasteiger partial charge < -0.3 is 20.7 Å². The smallest absolute Gasteiger partial charge is 0.154 e. The van der Waals surface area contributed by atoms with Gasteiger partial charge in [0.05, 0.1) is 18.9 Å². The number of amidine groups is 1. The monoisotopic (exact) mass is 436 g/mol. The minimum Gasteiger partial charge on any atom is -0.378 e. The van der Waals surface area contributed by atoms with Gasteiger partial charge in [-0.2, -0.15) is 0 Å². The van der Waals surface area contributed by atoms with Crippen molar-refractivity contribution in [2.24, 2.45) is 26.6 Å². The Labute approximate surface area is 191 Å². The molecule has 2 aliphatic rings. The van der Waals surface area contributed by atoms with E-state index in [4.69, 9.17) is 15.5 Å². The third-order valence-electron chi connectivity index (χ3n) is 5.86. The van der Waals surface area contributed by atoms with Crippen LogP contribution in [-0.2, 0) is 4.74 Å². The minimum atomic E-state index is 0.353. The molecule has 3 rings (SSSR count). The Morgan fingerprint density at radius 1 is 1.31 bits per heavy atom. The van der Waals surface area contributed by atoms with E-state index >= 15 is 0 Å². The van der Waals surface area contributed by atoms with E-state index in [9.17, 15) is 0 Å². The highest BCUT2D eigenvalue weighted by Gasteiger charge is 2.23. The molecule has 0 radical (unpaired) electrons. The van der Waals surface area contributed by atoms with E-state index in [1.165, 1.54) is 17.5 Å². The molecule has 3 N–H and O–H groups in total. The van der Waals surface area contributed by atoms with Crippen molar-refractivity contribution >= 4 is 28.6 Å². The average molecular weight is 437 g/mol. The van der Waals surface area contributed by atoms with E-state index in [1.807, 2.05) is 6.08 Å². The number of hydrogen-bond donors (Lipinski definition) is 2. The molecule has 1 aromatic rings. The third-order valence-corrected chi connectivity index (χ3v) is 5.86. The molecule has 0 bridgehead atoms. The van der Waals surface area contributed by atoms with Crippen molar-refractivity contribution in [2.75, 3.05) is 51.3 Å². The van der Waals surface area contributed by atoms with Crippen LogP contribution in [0.5, 0.6) is 0 Å². The summed E-state index contributed by atoms with van der Waals surface area (Å²) in [6.07, 6.45) is 5.71. The fourth-order valence-electron chi connectivity index (χ4n) is 4.10. The first-order valence-corrected chi connectivity index (χ1v) is 11.4. The zero-order valence-corrected chi connectivity index (χ0v) is 19.6. The van der Waals surface area contributed by atoms with Crippen LogP contribution < -0.4 is 16.0 Å². The summed E-state index contributed by atoms with van der Waals surface area (Å²) in [5.41, 5.74) is 12.0. The van der Waals surface area contributed by atoms with Gasteiger partial charge in [-0.25, -0.2) is 0 Å². The molecule has 1 atom stereocenters. The van der Waals surface area contributed by atoms with E-state index in [2.05, 4.69) is 58.8 Å². The first-order chi connectivity index (χ1) is 15.6. The lowest BCUT2D eigenvalue weighted by Gasteiger charge is -2.30. The molecule has 7 nitrogen and oxygen atoms in total. The second kappa shape index (κ2) is 11.7. The van der Waals surface area contributed by atoms with Gasteiger partial charge >= 0.3 is 0 Å². The number of rotatable bonds is 8. The van der Waals surface area contributed by atoms with Crippen LogP contribution in [0, 0.1) is 12.8 Å². The maximum absolute atomic E-state index is 5.95. The quantitative estimate of drug-likeness (QED) is 0.655. The normalized spacial score (nSPS) is 21.6. The molecule has 1 unspecified atom stereocenters. The van der Waals surface area contributed by atoms with Gasteiger partial charge in [-0.1, -0.05) is 26.0 Å². The van der Waals surface area contributed by atoms with Gasteiger partial charge in [0.25, 0.3) is 0 Å². The summed E-state index contributed by atoms with van der Waals surface area (Å²) < 4.78 is 5.50. The van der Waals surface area contributed by atoms with E-state index in [-0.39, 0.29) is 0 Å². The molecular formula is C25H36N6O. The van der Waals surface area contributed by atoms with Gasteiger partial charge in [0.2, 0.25) is 0 Å². The van der Waals surface area contributed by atoms with Gasteiger partial charge in [-0.3, -0.25) is 15.0 Å². The van der Waals surface area contributed by atoms with Crippen molar-refractivity contribution in [2.45, 2.75) is 26.7 Å². The zero-order valence-electron chi connectivity index (χ0n) is 19.6. The predicted octanol–water partition coefficient (Wildman–Crippen LogP) is 3.20. The van der Waals surface area contributed by atoms with Crippen molar-refractivity contribution < 1.29 is 4.74 Å². The van der Waals surface area contributed by atoms with Crippen molar-refractivity contribution in [3.05, 3.63) is 48.2 Å². The van der Waals surface area contributed by atoms with Gasteiger partial charge in [0, 0.05) is 44.3 Å². The molecule has 1 fully saturated rings.